The van der Waals surface area contributed by atoms with Crippen LogP contribution in [0.25, 0.3) is 0 Å². The molecule has 0 unspecified atom stereocenters. The molecule has 210 valence electrons. The molecule has 35 heavy (non-hydrogen) atoms. The normalized spacial score (nSPS) is 11.8. The van der Waals surface area contributed by atoms with Gasteiger partial charge in [0.2, 0.25) is 0 Å². The van der Waals surface area contributed by atoms with Crippen LogP contribution in [0.5, 0.6) is 0 Å². The Bertz CT molecular complexity index is 389. The maximum absolute atomic E-state index is 5.93. The molecule has 0 N–H and O–H groups in total. The first kappa shape index (κ1) is 34.4. The van der Waals surface area contributed by atoms with Gasteiger partial charge in [0.05, 0.1) is 12.9 Å². The van der Waals surface area contributed by atoms with Gasteiger partial charge in [-0.15, -0.1) is 0 Å². The lowest BCUT2D eigenvalue weighted by molar-refractivity contribution is -0.147. The third-order valence-electron chi connectivity index (χ3n) is 6.40. The maximum atomic E-state index is 5.93. The Labute approximate surface area is 219 Å². The van der Waals surface area contributed by atoms with Crippen LogP contribution >= 0.6 is 0 Å². The zero-order valence-corrected chi connectivity index (χ0v) is 24.0. The van der Waals surface area contributed by atoms with Crippen LogP contribution in [0.4, 0.5) is 0 Å². The smallest absolute Gasteiger partial charge is 0.188 e. The van der Waals surface area contributed by atoms with E-state index >= 15 is 0 Å². The average molecular weight is 499 g/mol. The van der Waals surface area contributed by atoms with Gasteiger partial charge in [-0.1, -0.05) is 111 Å². The predicted molar refractivity (Wildman–Crippen MR) is 151 cm³/mol. The first-order chi connectivity index (χ1) is 17.3. The summed E-state index contributed by atoms with van der Waals surface area (Å²) in [5.74, 6) is 0. The van der Waals surface area contributed by atoms with Crippen molar-refractivity contribution in [3.05, 3.63) is 12.3 Å². The summed E-state index contributed by atoms with van der Waals surface area (Å²) >= 11 is 0. The summed E-state index contributed by atoms with van der Waals surface area (Å²) in [6.45, 7) is 9.55. The second kappa shape index (κ2) is 31.4. The highest BCUT2D eigenvalue weighted by Gasteiger charge is 2.08. The largest absolute Gasteiger partial charge is 0.475 e. The Kier molecular flexibility index (Phi) is 30.9. The van der Waals surface area contributed by atoms with Crippen molar-refractivity contribution in [3.63, 3.8) is 0 Å². The third kappa shape index (κ3) is 29.5. The van der Waals surface area contributed by atoms with Crippen molar-refractivity contribution in [1.82, 2.24) is 0 Å². The maximum Gasteiger partial charge on any atom is 0.188 e. The van der Waals surface area contributed by atoms with Crippen molar-refractivity contribution >= 4 is 0 Å². The Morgan fingerprint density at radius 2 is 1.03 bits per heavy atom. The Morgan fingerprint density at radius 1 is 0.514 bits per heavy atom. The molecule has 0 aromatic heterocycles. The fourth-order valence-electron chi connectivity index (χ4n) is 4.01. The van der Waals surface area contributed by atoms with E-state index in [2.05, 4.69) is 26.8 Å². The van der Waals surface area contributed by atoms with Crippen LogP contribution in [0.2, 0.25) is 0 Å². The number of unbranched alkanes of at least 4 members (excludes halogenated alkanes) is 16. The van der Waals surface area contributed by atoms with Gasteiger partial charge in [0, 0.05) is 13.2 Å². The molecule has 0 radical (unpaired) electrons. The van der Waals surface area contributed by atoms with Gasteiger partial charge in [0.1, 0.15) is 0 Å². The van der Waals surface area contributed by atoms with Crippen LogP contribution in [-0.2, 0) is 18.9 Å². The van der Waals surface area contributed by atoms with Gasteiger partial charge in [-0.2, -0.15) is 0 Å². The quantitative estimate of drug-likeness (QED) is 0.0560. The zero-order chi connectivity index (χ0) is 25.5. The summed E-state index contributed by atoms with van der Waals surface area (Å²) in [7, 11) is 0. The van der Waals surface area contributed by atoms with Crippen molar-refractivity contribution in [3.8, 4) is 0 Å². The molecule has 0 saturated carbocycles. The molecule has 0 aromatic rings. The Morgan fingerprint density at radius 3 is 1.63 bits per heavy atom. The molecular weight excluding hydrogens is 436 g/mol. The molecule has 4 nitrogen and oxygen atoms in total. The molecule has 0 amide bonds. The first-order valence-electron chi connectivity index (χ1n) is 15.4. The van der Waals surface area contributed by atoms with Crippen LogP contribution in [0, 0.1) is 0 Å². The number of ether oxygens (including phenoxy) is 4. The molecule has 0 rings (SSSR count). The van der Waals surface area contributed by atoms with Gasteiger partial charge in [0.15, 0.2) is 13.1 Å². The van der Waals surface area contributed by atoms with Crippen molar-refractivity contribution in [2.75, 3.05) is 26.6 Å². The number of rotatable bonds is 30. The van der Waals surface area contributed by atoms with E-state index in [9.17, 15) is 0 Å². The minimum Gasteiger partial charge on any atom is -0.475 e. The van der Waals surface area contributed by atoms with Crippen LogP contribution in [0.1, 0.15) is 156 Å². The second-order valence-electron chi connectivity index (χ2n) is 9.97. The summed E-state index contributed by atoms with van der Waals surface area (Å²) in [6, 6.07) is 0. The predicted octanol–water partition coefficient (Wildman–Crippen LogP) is 10.1. The van der Waals surface area contributed by atoms with E-state index in [-0.39, 0.29) is 6.29 Å². The lowest BCUT2D eigenvalue weighted by Gasteiger charge is -2.18. The minimum atomic E-state index is 0.0117. The van der Waals surface area contributed by atoms with E-state index in [0.717, 1.165) is 51.9 Å². The molecule has 0 bridgehead atoms. The van der Waals surface area contributed by atoms with Gasteiger partial charge < -0.3 is 18.9 Å². The fourth-order valence-corrected chi connectivity index (χ4v) is 4.01. The number of allylic oxidation sites excluding steroid dienone is 1. The van der Waals surface area contributed by atoms with Crippen molar-refractivity contribution < 1.29 is 18.9 Å². The van der Waals surface area contributed by atoms with Crippen LogP contribution in [0.3, 0.4) is 0 Å². The molecular formula is C31H62O4. The third-order valence-corrected chi connectivity index (χ3v) is 6.40. The number of hydrogen-bond donors (Lipinski definition) is 0. The summed E-state index contributed by atoms with van der Waals surface area (Å²) in [6.07, 6.45) is 30.4. The average Bonchev–Trinajstić information content (AvgIpc) is 2.87. The minimum absolute atomic E-state index is 0.0117. The zero-order valence-electron chi connectivity index (χ0n) is 24.0. The summed E-state index contributed by atoms with van der Waals surface area (Å²) in [5.41, 5.74) is 0. The molecule has 0 spiro atoms. The monoisotopic (exact) mass is 498 g/mol. The first-order valence-corrected chi connectivity index (χ1v) is 15.4. The summed E-state index contributed by atoms with van der Waals surface area (Å²) in [5, 5.41) is 0. The molecule has 0 aliphatic carbocycles. The summed E-state index contributed by atoms with van der Waals surface area (Å²) < 4.78 is 22.8. The van der Waals surface area contributed by atoms with Crippen LogP contribution in [-0.4, -0.2) is 32.9 Å². The van der Waals surface area contributed by atoms with E-state index in [1.165, 1.54) is 103 Å². The Hall–Kier alpha value is -0.580. The highest BCUT2D eigenvalue weighted by Crippen LogP contribution is 2.14. The van der Waals surface area contributed by atoms with Crippen molar-refractivity contribution in [1.29, 1.82) is 0 Å². The Balaban J connectivity index is 3.35. The topological polar surface area (TPSA) is 36.9 Å². The van der Waals surface area contributed by atoms with Gasteiger partial charge in [-0.25, -0.2) is 0 Å². The molecule has 0 aliphatic heterocycles. The van der Waals surface area contributed by atoms with E-state index < -0.39 is 0 Å². The lowest BCUT2D eigenvalue weighted by atomic mass is 10.1. The molecule has 4 heteroatoms. The van der Waals surface area contributed by atoms with Gasteiger partial charge in [-0.05, 0) is 51.0 Å². The van der Waals surface area contributed by atoms with Crippen molar-refractivity contribution in [2.24, 2.45) is 0 Å². The molecule has 0 heterocycles. The van der Waals surface area contributed by atoms with E-state index in [1.807, 2.05) is 6.26 Å². The fraction of sp³-hybridized carbons (Fsp3) is 0.935. The molecule has 0 aromatic carbocycles. The molecule has 0 fully saturated rings. The van der Waals surface area contributed by atoms with Crippen LogP contribution < -0.4 is 0 Å². The lowest BCUT2D eigenvalue weighted by Crippen LogP contribution is -2.18. The molecule has 0 aliphatic rings. The SMILES string of the molecule is CCCCCCCCCCOCOC=CCCCCCCCCCC(OCCCC)OCCCC. The van der Waals surface area contributed by atoms with E-state index in [4.69, 9.17) is 18.9 Å². The van der Waals surface area contributed by atoms with E-state index in [0.29, 0.717) is 6.79 Å². The van der Waals surface area contributed by atoms with Gasteiger partial charge in [0.25, 0.3) is 0 Å². The highest BCUT2D eigenvalue weighted by atomic mass is 16.7. The van der Waals surface area contributed by atoms with Gasteiger partial charge in [-0.3, -0.25) is 0 Å². The standard InChI is InChI=1S/C31H62O4/c1-4-7-10-11-12-17-20-23-26-32-30-33-27-24-21-18-15-13-14-16-19-22-25-31(34-28-8-5-2)35-29-9-6-3/h24,27,31H,4-23,25-26,28-30H2,1-3H3. The van der Waals surface area contributed by atoms with E-state index in [1.54, 1.807) is 0 Å². The highest BCUT2D eigenvalue weighted by molar-refractivity contribution is 4.72. The molecule has 0 saturated heterocycles. The number of hydrogen-bond acceptors (Lipinski definition) is 4. The summed E-state index contributed by atoms with van der Waals surface area (Å²) in [4.78, 5) is 0. The van der Waals surface area contributed by atoms with Crippen LogP contribution in [0.15, 0.2) is 12.3 Å². The van der Waals surface area contributed by atoms with Crippen molar-refractivity contribution in [2.45, 2.75) is 162 Å². The van der Waals surface area contributed by atoms with Gasteiger partial charge >= 0.3 is 0 Å². The second-order valence-corrected chi connectivity index (χ2v) is 9.97. The molecule has 0 atom stereocenters.